The summed E-state index contributed by atoms with van der Waals surface area (Å²) in [6.45, 7) is 3.18. The molecule has 0 saturated heterocycles. The molecule has 24 heavy (non-hydrogen) atoms. The maximum absolute atomic E-state index is 11.3. The summed E-state index contributed by atoms with van der Waals surface area (Å²) in [5.74, 6) is 3.82. The predicted molar refractivity (Wildman–Crippen MR) is 94.0 cm³/mol. The molecule has 0 spiro atoms. The Balaban J connectivity index is 1.78. The van der Waals surface area contributed by atoms with Gasteiger partial charge in [-0.1, -0.05) is 12.8 Å². The second kappa shape index (κ2) is 9.29. The molecule has 1 fully saturated rings. The van der Waals surface area contributed by atoms with Crippen molar-refractivity contribution in [2.45, 2.75) is 45.1 Å². The van der Waals surface area contributed by atoms with Gasteiger partial charge >= 0.3 is 0 Å². The zero-order chi connectivity index (χ0) is 17.4. The van der Waals surface area contributed by atoms with Gasteiger partial charge in [-0.3, -0.25) is 9.78 Å². The smallest absolute Gasteiger partial charge is 0.267 e. The van der Waals surface area contributed by atoms with Gasteiger partial charge in [0.1, 0.15) is 5.69 Å². The molecule has 0 radical (unpaired) electrons. The first-order valence-corrected chi connectivity index (χ1v) is 8.61. The third kappa shape index (κ3) is 5.86. The average Bonchev–Trinajstić information content (AvgIpc) is 3.39. The van der Waals surface area contributed by atoms with E-state index in [1.165, 1.54) is 12.8 Å². The van der Waals surface area contributed by atoms with Crippen LogP contribution in [0.4, 0.5) is 0 Å². The largest absolute Gasteiger partial charge is 0.376 e. The van der Waals surface area contributed by atoms with Crippen LogP contribution >= 0.6 is 0 Å². The zero-order valence-corrected chi connectivity index (χ0v) is 14.5. The van der Waals surface area contributed by atoms with Crippen LogP contribution < -0.4 is 11.1 Å². The van der Waals surface area contributed by atoms with E-state index in [0.717, 1.165) is 37.3 Å². The molecule has 3 N–H and O–H groups in total. The van der Waals surface area contributed by atoms with Crippen molar-refractivity contribution in [3.63, 3.8) is 0 Å². The van der Waals surface area contributed by atoms with Crippen LogP contribution in [0.1, 0.15) is 61.2 Å². The third-order valence-corrected chi connectivity index (χ3v) is 4.36. The van der Waals surface area contributed by atoms with E-state index in [-0.39, 0.29) is 11.8 Å². The standard InChI is InChI=1S/C19H27N3O2/c1-14(6-4-3-5-10-21-13-15-7-8-15)18(24-2)16-9-11-22-17(12-16)19(20)23/h9,11-12,14-15,18,21H,3-4,6-8,13H2,1-2H3,(H2,20,23). The zero-order valence-electron chi connectivity index (χ0n) is 14.5. The van der Waals surface area contributed by atoms with Crippen molar-refractivity contribution in [3.8, 4) is 12.0 Å². The minimum absolute atomic E-state index is 0.0768. The van der Waals surface area contributed by atoms with E-state index in [2.05, 4.69) is 29.2 Å². The molecule has 1 aliphatic rings. The second-order valence-corrected chi connectivity index (χ2v) is 6.49. The lowest BCUT2D eigenvalue weighted by atomic mass is 9.92. The number of nitrogens with one attached hydrogen (secondary N) is 1. The van der Waals surface area contributed by atoms with Gasteiger partial charge in [-0.2, -0.15) is 0 Å². The summed E-state index contributed by atoms with van der Waals surface area (Å²) in [6, 6.07) is 6.62. The van der Waals surface area contributed by atoms with Crippen LogP contribution in [-0.2, 0) is 4.74 Å². The van der Waals surface area contributed by atoms with Gasteiger partial charge in [0.25, 0.3) is 5.91 Å². The van der Waals surface area contributed by atoms with Gasteiger partial charge < -0.3 is 15.8 Å². The van der Waals surface area contributed by atoms with Gasteiger partial charge in [-0.15, -0.1) is 0 Å². The number of unbranched alkanes of at least 4 members (excludes halogenated alkanes) is 1. The molecule has 1 heterocycles. The summed E-state index contributed by atoms with van der Waals surface area (Å²) in [6.07, 6.45) is 7.12. The first kappa shape index (κ1) is 18.3. The van der Waals surface area contributed by atoms with Crippen molar-refractivity contribution in [1.29, 1.82) is 0 Å². The number of hydrogen-bond acceptors (Lipinski definition) is 4. The van der Waals surface area contributed by atoms with Gasteiger partial charge in [0, 0.05) is 32.3 Å². The maximum atomic E-state index is 11.3. The molecule has 2 atom stereocenters. The SMILES string of the molecule is COC(c1ccnc(C(N)=O)c1)C(C)CCCC#CNCC1CC1. The Morgan fingerprint density at radius 1 is 1.54 bits per heavy atom. The van der Waals surface area contributed by atoms with E-state index >= 15 is 0 Å². The van der Waals surface area contributed by atoms with Gasteiger partial charge in [-0.25, -0.2) is 0 Å². The Bertz CT molecular complexity index is 602. The van der Waals surface area contributed by atoms with E-state index in [4.69, 9.17) is 10.5 Å². The molecule has 0 aliphatic heterocycles. The highest BCUT2D eigenvalue weighted by atomic mass is 16.5. The lowest BCUT2D eigenvalue weighted by Gasteiger charge is -2.23. The van der Waals surface area contributed by atoms with Gasteiger partial charge in [0.2, 0.25) is 0 Å². The van der Waals surface area contributed by atoms with Crippen LogP contribution in [0.2, 0.25) is 0 Å². The molecular formula is C19H27N3O2. The lowest BCUT2D eigenvalue weighted by Crippen LogP contribution is -2.16. The fourth-order valence-electron chi connectivity index (χ4n) is 2.76. The number of amides is 1. The minimum atomic E-state index is -0.520. The number of nitrogens with two attached hydrogens (primary N) is 1. The Labute approximate surface area is 144 Å². The lowest BCUT2D eigenvalue weighted by molar-refractivity contribution is 0.0539. The highest BCUT2D eigenvalue weighted by Gasteiger charge is 2.20. The van der Waals surface area contributed by atoms with Crippen molar-refractivity contribution in [2.24, 2.45) is 17.6 Å². The number of carbonyl (C=O) groups excluding carboxylic acids is 1. The van der Waals surface area contributed by atoms with Gasteiger partial charge in [0.15, 0.2) is 0 Å². The van der Waals surface area contributed by atoms with E-state index in [9.17, 15) is 4.79 Å². The predicted octanol–water partition coefficient (Wildman–Crippen LogP) is 2.63. The minimum Gasteiger partial charge on any atom is -0.376 e. The van der Waals surface area contributed by atoms with Crippen LogP contribution in [0.25, 0.3) is 0 Å². The molecular weight excluding hydrogens is 302 g/mol. The quantitative estimate of drug-likeness (QED) is 0.415. The molecule has 0 bridgehead atoms. The van der Waals surface area contributed by atoms with Gasteiger partial charge in [0.05, 0.1) is 6.10 Å². The molecule has 1 amide bonds. The second-order valence-electron chi connectivity index (χ2n) is 6.49. The maximum Gasteiger partial charge on any atom is 0.267 e. The summed E-state index contributed by atoms with van der Waals surface area (Å²) in [4.78, 5) is 15.3. The number of methoxy groups -OCH3 is 1. The topological polar surface area (TPSA) is 77.2 Å². The first-order valence-electron chi connectivity index (χ1n) is 8.61. The average molecular weight is 329 g/mol. The third-order valence-electron chi connectivity index (χ3n) is 4.36. The van der Waals surface area contributed by atoms with Crippen LogP contribution in [0, 0.1) is 23.8 Å². The highest BCUT2D eigenvalue weighted by molar-refractivity contribution is 5.90. The summed E-state index contributed by atoms with van der Waals surface area (Å²) < 4.78 is 5.63. The number of primary amides is 1. The van der Waals surface area contributed by atoms with Crippen LogP contribution in [-0.4, -0.2) is 24.5 Å². The van der Waals surface area contributed by atoms with E-state index in [0.29, 0.717) is 5.92 Å². The molecule has 5 heteroatoms. The summed E-state index contributed by atoms with van der Waals surface area (Å²) in [5.41, 5.74) is 6.51. The number of ether oxygens (including phenoxy) is 1. The monoisotopic (exact) mass is 329 g/mol. The Kier molecular flexibility index (Phi) is 7.07. The molecule has 1 aromatic heterocycles. The van der Waals surface area contributed by atoms with Crippen molar-refractivity contribution < 1.29 is 9.53 Å². The highest BCUT2D eigenvalue weighted by Crippen LogP contribution is 2.29. The summed E-state index contributed by atoms with van der Waals surface area (Å²) >= 11 is 0. The summed E-state index contributed by atoms with van der Waals surface area (Å²) in [7, 11) is 1.69. The van der Waals surface area contributed by atoms with Crippen molar-refractivity contribution in [2.75, 3.05) is 13.7 Å². The number of rotatable bonds is 9. The van der Waals surface area contributed by atoms with Crippen molar-refractivity contribution >= 4 is 5.91 Å². The van der Waals surface area contributed by atoms with Crippen LogP contribution in [0.5, 0.6) is 0 Å². The molecule has 1 saturated carbocycles. The Hall–Kier alpha value is -2.06. The fraction of sp³-hybridized carbons (Fsp3) is 0.579. The first-order chi connectivity index (χ1) is 11.6. The van der Waals surface area contributed by atoms with Gasteiger partial charge in [-0.05, 0) is 55.2 Å². The molecule has 1 aliphatic carbocycles. The number of carbonyl (C=O) groups is 1. The molecule has 130 valence electrons. The molecule has 1 aromatic rings. The Morgan fingerprint density at radius 3 is 3.00 bits per heavy atom. The number of nitrogens with zero attached hydrogens (tertiary/aromatic N) is 1. The van der Waals surface area contributed by atoms with E-state index in [1.807, 2.05) is 6.07 Å². The number of aromatic nitrogens is 1. The summed E-state index contributed by atoms with van der Waals surface area (Å²) in [5, 5.41) is 3.18. The van der Waals surface area contributed by atoms with E-state index in [1.54, 1.807) is 19.4 Å². The Morgan fingerprint density at radius 2 is 2.33 bits per heavy atom. The molecule has 2 rings (SSSR count). The van der Waals surface area contributed by atoms with Crippen LogP contribution in [0.3, 0.4) is 0 Å². The molecule has 0 aromatic carbocycles. The number of hydrogen-bond donors (Lipinski definition) is 2. The number of pyridine rings is 1. The van der Waals surface area contributed by atoms with E-state index < -0.39 is 5.91 Å². The molecule has 5 nitrogen and oxygen atoms in total. The van der Waals surface area contributed by atoms with Crippen LogP contribution in [0.15, 0.2) is 18.3 Å². The van der Waals surface area contributed by atoms with Crippen molar-refractivity contribution in [3.05, 3.63) is 29.6 Å². The fourth-order valence-corrected chi connectivity index (χ4v) is 2.76. The normalized spacial score (nSPS) is 15.9. The van der Waals surface area contributed by atoms with Crippen molar-refractivity contribution in [1.82, 2.24) is 10.3 Å². The molecule has 2 unspecified atom stereocenters.